The molecule has 28 nitrogen and oxygen atoms in total. The Morgan fingerprint density at radius 3 is 1.15 bits per heavy atom. The second-order valence-electron chi connectivity index (χ2n) is 14.6. The fourth-order valence-corrected chi connectivity index (χ4v) is 6.82. The van der Waals surface area contributed by atoms with E-state index in [1.807, 2.05) is 0 Å². The number of nitrogens with one attached hydrogen (secondary N) is 2. The van der Waals surface area contributed by atoms with Crippen LogP contribution in [0.1, 0.15) is 68.0 Å². The number of ether oxygens (including phenoxy) is 4. The SMILES string of the molecule is COc1ccc(C2C/C(=N\NC(=O)c3ccccc3)c3c(O)cc(O)cc3O2)cc1O.COc1ccc(C2C/C(=N\NC(=O)c3ccccc3)c3c(O)cc(O)cc3O2)cc1O.O=[N+]([O-])O.O=[N+]([O-])O.O=[N+]([O-])O.[Dy+3]. The number of aromatic hydroxyl groups is 6. The zero-order valence-electron chi connectivity index (χ0n) is 38.6. The third-order valence-corrected chi connectivity index (χ3v) is 9.81. The van der Waals surface area contributed by atoms with E-state index in [9.17, 15) is 40.2 Å². The number of hydrogen-bond acceptors (Lipinski definition) is 20. The van der Waals surface area contributed by atoms with Gasteiger partial charge in [0, 0.05) is 48.2 Å². The summed E-state index contributed by atoms with van der Waals surface area (Å²) in [5, 5.41) is 110. The second-order valence-corrected chi connectivity index (χ2v) is 14.6. The Labute approximate surface area is 451 Å². The molecule has 29 heteroatoms. The van der Waals surface area contributed by atoms with Crippen LogP contribution in [0.4, 0.5) is 0 Å². The molecule has 6 aromatic carbocycles. The van der Waals surface area contributed by atoms with Gasteiger partial charge >= 0.3 is 38.2 Å². The van der Waals surface area contributed by atoms with Crippen LogP contribution in [0.3, 0.4) is 0 Å². The minimum Gasteiger partial charge on any atom is -0.508 e. The van der Waals surface area contributed by atoms with Crippen molar-refractivity contribution in [3.05, 3.63) is 185 Å². The Hall–Kier alpha value is -9.53. The number of rotatable bonds is 8. The molecule has 2 aliphatic heterocycles. The van der Waals surface area contributed by atoms with Crippen molar-refractivity contribution in [1.29, 1.82) is 0 Å². The first-order valence-corrected chi connectivity index (χ1v) is 20.7. The van der Waals surface area contributed by atoms with Crippen molar-refractivity contribution in [1.82, 2.24) is 10.9 Å². The number of carbonyl (C=O) groups excluding carboxylic acids is 2. The van der Waals surface area contributed by atoms with Crippen LogP contribution in [0.2, 0.25) is 0 Å². The Bertz CT molecular complexity index is 2810. The quantitative estimate of drug-likeness (QED) is 0.0624. The zero-order chi connectivity index (χ0) is 54.6. The molecule has 0 spiro atoms. The zero-order valence-corrected chi connectivity index (χ0v) is 40.6. The summed E-state index contributed by atoms with van der Waals surface area (Å²) < 4.78 is 22.1. The van der Waals surface area contributed by atoms with E-state index in [1.165, 1.54) is 50.6 Å². The molecule has 395 valence electrons. The molecule has 0 aromatic heterocycles. The van der Waals surface area contributed by atoms with Crippen LogP contribution >= 0.6 is 0 Å². The number of benzene rings is 6. The molecule has 75 heavy (non-hydrogen) atoms. The summed E-state index contributed by atoms with van der Waals surface area (Å²) in [6.45, 7) is 0. The van der Waals surface area contributed by atoms with Crippen molar-refractivity contribution in [3.63, 3.8) is 0 Å². The molecule has 2 atom stereocenters. The van der Waals surface area contributed by atoms with Gasteiger partial charge < -0.3 is 65.2 Å². The summed E-state index contributed by atoms with van der Waals surface area (Å²) in [6, 6.07) is 32.0. The monoisotopic (exact) mass is 1190 g/mol. The largest absolute Gasteiger partial charge is 3.00 e. The second kappa shape index (κ2) is 28.5. The molecule has 0 bridgehead atoms. The number of hydrazone groups is 2. The standard InChI is InChI=1S/2C23H20N2O6.Dy.3HNO3/c2*1-30-19-8-7-14(9-17(19)27)20-12-16(22-18(28)10-15(26)11-21(22)31-20)24-25-23(29)13-5-3-2-4-6-13;;3*2-1(3)4/h2*2-11,20,26-28H,12H2,1H3,(H,25,29);;3*(H,2,3,4)/q;;+3;;;/b2*24-16+;;;;. The van der Waals surface area contributed by atoms with E-state index in [0.29, 0.717) is 45.2 Å². The smallest absolute Gasteiger partial charge is 0.508 e. The number of carbonyl (C=O) groups is 2. The van der Waals surface area contributed by atoms with Crippen molar-refractivity contribution in [2.75, 3.05) is 14.2 Å². The van der Waals surface area contributed by atoms with Crippen LogP contribution in [0.5, 0.6) is 57.5 Å². The summed E-state index contributed by atoms with van der Waals surface area (Å²) in [4.78, 5) is 49.9. The fraction of sp³-hybridized carbons (Fsp3) is 0.130. The van der Waals surface area contributed by atoms with Crippen molar-refractivity contribution >= 4 is 23.2 Å². The van der Waals surface area contributed by atoms with Crippen LogP contribution < -0.4 is 29.8 Å². The van der Waals surface area contributed by atoms with Gasteiger partial charge in [-0.3, -0.25) is 9.59 Å². The number of methoxy groups -OCH3 is 2. The van der Waals surface area contributed by atoms with Gasteiger partial charge in [-0.1, -0.05) is 48.5 Å². The number of amides is 2. The van der Waals surface area contributed by atoms with Gasteiger partial charge in [-0.05, 0) is 59.7 Å². The predicted molar refractivity (Wildman–Crippen MR) is 252 cm³/mol. The van der Waals surface area contributed by atoms with Gasteiger partial charge in [-0.25, -0.2) is 10.9 Å². The van der Waals surface area contributed by atoms with Crippen LogP contribution in [-0.4, -0.2) is 99.0 Å². The molecule has 2 unspecified atom stereocenters. The maximum absolute atomic E-state index is 12.4. The molecule has 11 N–H and O–H groups in total. The molecule has 0 fully saturated rings. The third-order valence-electron chi connectivity index (χ3n) is 9.81. The predicted octanol–water partition coefficient (Wildman–Crippen LogP) is 5.90. The summed E-state index contributed by atoms with van der Waals surface area (Å²) in [5.74, 6) is -0.669. The van der Waals surface area contributed by atoms with E-state index in [2.05, 4.69) is 21.1 Å². The van der Waals surface area contributed by atoms with E-state index in [0.717, 1.165) is 0 Å². The first-order valence-electron chi connectivity index (χ1n) is 20.7. The first-order chi connectivity index (χ1) is 35.1. The van der Waals surface area contributed by atoms with Crippen molar-refractivity contribution < 1.29 is 128 Å². The van der Waals surface area contributed by atoms with Crippen LogP contribution in [0, 0.1) is 68.5 Å². The summed E-state index contributed by atoms with van der Waals surface area (Å²) in [7, 11) is 2.90. The molecule has 2 heterocycles. The van der Waals surface area contributed by atoms with Crippen molar-refractivity contribution in [3.8, 4) is 57.5 Å². The Balaban J connectivity index is 0.000000322. The molecule has 2 amide bonds. The molecule has 1 radical (unpaired) electrons. The van der Waals surface area contributed by atoms with Gasteiger partial charge in [-0.15, -0.1) is 30.3 Å². The number of hydrogen-bond donors (Lipinski definition) is 11. The van der Waals surface area contributed by atoms with Gasteiger partial charge in [0.25, 0.3) is 27.1 Å². The van der Waals surface area contributed by atoms with Gasteiger partial charge in [0.2, 0.25) is 0 Å². The first kappa shape index (κ1) is 59.8. The third kappa shape index (κ3) is 17.9. The van der Waals surface area contributed by atoms with Gasteiger partial charge in [-0.2, -0.15) is 10.2 Å². The minimum absolute atomic E-state index is 0. The molecule has 8 rings (SSSR count). The molecule has 2 aliphatic rings. The summed E-state index contributed by atoms with van der Waals surface area (Å²) in [6.07, 6.45) is -0.769. The summed E-state index contributed by atoms with van der Waals surface area (Å²) in [5.41, 5.74) is 8.43. The maximum atomic E-state index is 12.4. The van der Waals surface area contributed by atoms with Gasteiger partial charge in [0.05, 0.1) is 36.8 Å². The minimum atomic E-state index is -1.50. The Morgan fingerprint density at radius 1 is 0.533 bits per heavy atom. The molecule has 0 aliphatic carbocycles. The average molecular weight is 1190 g/mol. The van der Waals surface area contributed by atoms with Crippen LogP contribution in [0.15, 0.2) is 132 Å². The van der Waals surface area contributed by atoms with E-state index in [1.54, 1.807) is 84.9 Å². The Morgan fingerprint density at radius 2 is 0.853 bits per heavy atom. The van der Waals surface area contributed by atoms with E-state index in [4.69, 9.17) is 64.9 Å². The van der Waals surface area contributed by atoms with Crippen LogP contribution in [0.25, 0.3) is 0 Å². The topological polar surface area (TPSA) is 431 Å². The molecular formula is C46H43DyN7O21+3. The Kier molecular flexibility index (Phi) is 22.7. The van der Waals surface area contributed by atoms with Crippen LogP contribution in [-0.2, 0) is 0 Å². The fourth-order valence-electron chi connectivity index (χ4n) is 6.82. The molecule has 0 saturated carbocycles. The number of nitrogens with zero attached hydrogens (tertiary/aromatic N) is 5. The van der Waals surface area contributed by atoms with E-state index in [-0.39, 0.29) is 108 Å². The normalized spacial score (nSPS) is 14.4. The van der Waals surface area contributed by atoms with Gasteiger partial charge in [0.1, 0.15) is 46.7 Å². The maximum Gasteiger partial charge on any atom is 3.00 e. The summed E-state index contributed by atoms with van der Waals surface area (Å²) >= 11 is 0. The van der Waals surface area contributed by atoms with Gasteiger partial charge in [0.15, 0.2) is 23.0 Å². The molecule has 0 saturated heterocycles. The molecule has 6 aromatic rings. The molecular weight excluding hydrogens is 1150 g/mol. The number of phenols is 6. The number of fused-ring (bicyclic) bond motifs is 2. The van der Waals surface area contributed by atoms with E-state index < -0.39 is 39.3 Å². The van der Waals surface area contributed by atoms with Crippen molar-refractivity contribution in [2.24, 2.45) is 10.2 Å². The number of phenolic OH excluding ortho intramolecular Hbond substituents is 6. The van der Waals surface area contributed by atoms with E-state index >= 15 is 0 Å². The average Bonchev–Trinajstić information content (AvgIpc) is 3.34. The van der Waals surface area contributed by atoms with Crippen molar-refractivity contribution in [2.45, 2.75) is 25.0 Å².